The Bertz CT molecular complexity index is 547. The van der Waals surface area contributed by atoms with Gasteiger partial charge >= 0.3 is 0 Å². The van der Waals surface area contributed by atoms with Crippen molar-refractivity contribution in [1.82, 2.24) is 4.90 Å². The standard InChI is InChI=1S/C14H16BrClN2O3/c15-8-9-17(10-4-1-2-5-10)14(19)13-11(16)6-3-7-12(13)18(20)21/h3,6-7,10H,1-2,4-5,8-9H2. The topological polar surface area (TPSA) is 63.4 Å². The van der Waals surface area contributed by atoms with Crippen molar-refractivity contribution in [3.05, 3.63) is 38.9 Å². The number of nitro benzene ring substituents is 1. The highest BCUT2D eigenvalue weighted by molar-refractivity contribution is 9.09. The Balaban J connectivity index is 2.38. The van der Waals surface area contributed by atoms with Crippen molar-refractivity contribution in [3.63, 3.8) is 0 Å². The van der Waals surface area contributed by atoms with E-state index in [0.717, 1.165) is 25.7 Å². The second-order valence-corrected chi connectivity index (χ2v) is 6.22. The second kappa shape index (κ2) is 7.22. The van der Waals surface area contributed by atoms with Gasteiger partial charge in [0.25, 0.3) is 11.6 Å². The summed E-state index contributed by atoms with van der Waals surface area (Å²) < 4.78 is 0. The van der Waals surface area contributed by atoms with Crippen LogP contribution >= 0.6 is 27.5 Å². The van der Waals surface area contributed by atoms with Crippen molar-refractivity contribution in [2.45, 2.75) is 31.7 Å². The van der Waals surface area contributed by atoms with Gasteiger partial charge in [0.15, 0.2) is 0 Å². The molecule has 5 nitrogen and oxygen atoms in total. The van der Waals surface area contributed by atoms with E-state index in [1.165, 1.54) is 18.2 Å². The first-order valence-corrected chi connectivity index (χ1v) is 8.36. The van der Waals surface area contributed by atoms with Crippen molar-refractivity contribution >= 4 is 39.1 Å². The van der Waals surface area contributed by atoms with Gasteiger partial charge in [0.05, 0.1) is 9.95 Å². The van der Waals surface area contributed by atoms with Crippen LogP contribution in [0.3, 0.4) is 0 Å². The zero-order valence-electron chi connectivity index (χ0n) is 11.4. The van der Waals surface area contributed by atoms with Crippen LogP contribution in [0.1, 0.15) is 36.0 Å². The van der Waals surface area contributed by atoms with E-state index in [-0.39, 0.29) is 28.2 Å². The van der Waals surface area contributed by atoms with Gasteiger partial charge in [0, 0.05) is 24.0 Å². The summed E-state index contributed by atoms with van der Waals surface area (Å²) in [5.41, 5.74) is -0.234. The number of halogens is 2. The predicted molar refractivity (Wildman–Crippen MR) is 85.2 cm³/mol. The summed E-state index contributed by atoms with van der Waals surface area (Å²) in [5.74, 6) is -0.348. The Morgan fingerprint density at radius 1 is 1.43 bits per heavy atom. The van der Waals surface area contributed by atoms with Gasteiger partial charge in [-0.1, -0.05) is 46.4 Å². The Morgan fingerprint density at radius 2 is 2.10 bits per heavy atom. The lowest BCUT2D eigenvalue weighted by atomic mass is 10.1. The maximum absolute atomic E-state index is 12.8. The third-order valence-electron chi connectivity index (χ3n) is 3.75. The van der Waals surface area contributed by atoms with E-state index >= 15 is 0 Å². The number of carbonyl (C=O) groups is 1. The van der Waals surface area contributed by atoms with Crippen LogP contribution in [0.2, 0.25) is 5.02 Å². The number of benzene rings is 1. The number of rotatable bonds is 5. The highest BCUT2D eigenvalue weighted by Crippen LogP contribution is 2.31. The first kappa shape index (κ1) is 16.2. The van der Waals surface area contributed by atoms with E-state index in [2.05, 4.69) is 15.9 Å². The van der Waals surface area contributed by atoms with E-state index in [4.69, 9.17) is 11.6 Å². The summed E-state index contributed by atoms with van der Waals surface area (Å²) in [7, 11) is 0. The maximum atomic E-state index is 12.8. The molecule has 7 heteroatoms. The fourth-order valence-corrected chi connectivity index (χ4v) is 3.41. The lowest BCUT2D eigenvalue weighted by molar-refractivity contribution is -0.385. The Hall–Kier alpha value is -1.14. The summed E-state index contributed by atoms with van der Waals surface area (Å²) in [5, 5.41) is 11.9. The molecule has 0 N–H and O–H groups in total. The molecule has 114 valence electrons. The number of nitro groups is 1. The van der Waals surface area contributed by atoms with E-state index in [1.54, 1.807) is 4.90 Å². The van der Waals surface area contributed by atoms with Gasteiger partial charge in [0.1, 0.15) is 5.56 Å². The van der Waals surface area contributed by atoms with Crippen LogP contribution in [0.4, 0.5) is 5.69 Å². The molecule has 0 spiro atoms. The van der Waals surface area contributed by atoms with E-state index in [0.29, 0.717) is 11.9 Å². The van der Waals surface area contributed by atoms with Gasteiger partial charge < -0.3 is 4.90 Å². The fraction of sp³-hybridized carbons (Fsp3) is 0.500. The fourth-order valence-electron chi connectivity index (χ4n) is 2.78. The zero-order valence-corrected chi connectivity index (χ0v) is 13.8. The van der Waals surface area contributed by atoms with Gasteiger partial charge in [-0.25, -0.2) is 0 Å². The molecule has 1 aromatic carbocycles. The molecule has 0 saturated heterocycles. The van der Waals surface area contributed by atoms with Crippen LogP contribution in [0.5, 0.6) is 0 Å². The van der Waals surface area contributed by atoms with Gasteiger partial charge in [-0.3, -0.25) is 14.9 Å². The summed E-state index contributed by atoms with van der Waals surface area (Å²) in [6.07, 6.45) is 4.05. The normalized spacial score (nSPS) is 15.1. The maximum Gasteiger partial charge on any atom is 0.283 e. The van der Waals surface area contributed by atoms with Crippen LogP contribution in [0.15, 0.2) is 18.2 Å². The molecular weight excluding hydrogens is 360 g/mol. The summed E-state index contributed by atoms with van der Waals surface area (Å²) in [4.78, 5) is 25.1. The zero-order chi connectivity index (χ0) is 15.4. The third-order valence-corrected chi connectivity index (χ3v) is 4.42. The number of carbonyl (C=O) groups excluding carboxylic acids is 1. The van der Waals surface area contributed by atoms with Crippen molar-refractivity contribution in [2.24, 2.45) is 0 Å². The molecule has 1 amide bonds. The van der Waals surface area contributed by atoms with Crippen LogP contribution in [0.25, 0.3) is 0 Å². The molecule has 21 heavy (non-hydrogen) atoms. The molecule has 2 rings (SSSR count). The Morgan fingerprint density at radius 3 is 2.67 bits per heavy atom. The molecule has 0 aromatic heterocycles. The van der Waals surface area contributed by atoms with Gasteiger partial charge in [-0.2, -0.15) is 0 Å². The minimum Gasteiger partial charge on any atom is -0.335 e. The third kappa shape index (κ3) is 3.55. The second-order valence-electron chi connectivity index (χ2n) is 5.02. The molecule has 0 aliphatic heterocycles. The highest BCUT2D eigenvalue weighted by Gasteiger charge is 2.32. The van der Waals surface area contributed by atoms with Crippen molar-refractivity contribution in [1.29, 1.82) is 0 Å². The largest absolute Gasteiger partial charge is 0.335 e. The molecule has 0 atom stereocenters. The SMILES string of the molecule is O=C(c1c(Cl)cccc1[N+](=O)[O-])N(CCBr)C1CCCC1. The van der Waals surface area contributed by atoms with Crippen LogP contribution in [-0.2, 0) is 0 Å². The Kier molecular flexibility index (Phi) is 5.58. The predicted octanol–water partition coefficient (Wildman–Crippen LogP) is 4.03. The van der Waals surface area contributed by atoms with Crippen LogP contribution < -0.4 is 0 Å². The van der Waals surface area contributed by atoms with E-state index in [1.807, 2.05) is 0 Å². The molecule has 1 aromatic rings. The van der Waals surface area contributed by atoms with Gasteiger partial charge in [-0.05, 0) is 18.9 Å². The summed E-state index contributed by atoms with van der Waals surface area (Å²) in [6, 6.07) is 4.47. The molecule has 1 aliphatic carbocycles. The molecule has 0 heterocycles. The molecule has 0 radical (unpaired) electrons. The quantitative estimate of drug-likeness (QED) is 0.443. The molecular formula is C14H16BrClN2O3. The van der Waals surface area contributed by atoms with Crippen molar-refractivity contribution in [3.8, 4) is 0 Å². The first-order valence-electron chi connectivity index (χ1n) is 6.86. The molecule has 0 unspecified atom stereocenters. The summed E-state index contributed by atoms with van der Waals surface area (Å²) in [6.45, 7) is 0.520. The monoisotopic (exact) mass is 374 g/mol. The van der Waals surface area contributed by atoms with Crippen LogP contribution in [-0.4, -0.2) is 33.6 Å². The minimum atomic E-state index is -0.555. The van der Waals surface area contributed by atoms with E-state index < -0.39 is 4.92 Å². The minimum absolute atomic E-state index is 0.00276. The number of alkyl halides is 1. The van der Waals surface area contributed by atoms with Gasteiger partial charge in [-0.15, -0.1) is 0 Å². The average Bonchev–Trinajstić information content (AvgIpc) is 2.97. The van der Waals surface area contributed by atoms with Gasteiger partial charge in [0.2, 0.25) is 0 Å². The molecule has 1 fully saturated rings. The number of hydrogen-bond acceptors (Lipinski definition) is 3. The first-order chi connectivity index (χ1) is 10.1. The molecule has 1 saturated carbocycles. The Labute approximate surface area is 136 Å². The highest BCUT2D eigenvalue weighted by atomic mass is 79.9. The summed E-state index contributed by atoms with van der Waals surface area (Å²) >= 11 is 9.40. The molecule has 1 aliphatic rings. The van der Waals surface area contributed by atoms with Crippen molar-refractivity contribution < 1.29 is 9.72 Å². The molecule has 0 bridgehead atoms. The lowest BCUT2D eigenvalue weighted by Gasteiger charge is -2.28. The lowest BCUT2D eigenvalue weighted by Crippen LogP contribution is -2.40. The van der Waals surface area contributed by atoms with Crippen molar-refractivity contribution in [2.75, 3.05) is 11.9 Å². The van der Waals surface area contributed by atoms with E-state index in [9.17, 15) is 14.9 Å². The van der Waals surface area contributed by atoms with Crippen LogP contribution in [0, 0.1) is 10.1 Å². The smallest absolute Gasteiger partial charge is 0.283 e. The number of hydrogen-bond donors (Lipinski definition) is 0. The average molecular weight is 376 g/mol. The number of amides is 1. The number of nitrogens with zero attached hydrogens (tertiary/aromatic N) is 2.